The van der Waals surface area contributed by atoms with Crippen molar-refractivity contribution in [2.45, 2.75) is 32.9 Å². The van der Waals surface area contributed by atoms with Crippen LogP contribution >= 0.6 is 0 Å². The third-order valence-electron chi connectivity index (χ3n) is 4.06. The Morgan fingerprint density at radius 2 is 2.04 bits per heavy atom. The molecule has 0 spiro atoms. The van der Waals surface area contributed by atoms with Crippen molar-refractivity contribution in [3.63, 3.8) is 0 Å². The van der Waals surface area contributed by atoms with E-state index in [1.54, 1.807) is 18.0 Å². The summed E-state index contributed by atoms with van der Waals surface area (Å²) in [6.45, 7) is 2.62. The fourth-order valence-electron chi connectivity index (χ4n) is 2.87. The van der Waals surface area contributed by atoms with Crippen molar-refractivity contribution in [1.29, 1.82) is 0 Å². The van der Waals surface area contributed by atoms with Gasteiger partial charge >= 0.3 is 0 Å². The lowest BCUT2D eigenvalue weighted by molar-refractivity contribution is -0.128. The molecule has 3 rings (SSSR count). The van der Waals surface area contributed by atoms with Crippen molar-refractivity contribution in [2.75, 3.05) is 7.05 Å². The van der Waals surface area contributed by atoms with Crippen LogP contribution in [0, 0.1) is 0 Å². The molecule has 1 aliphatic heterocycles. The molecular weight excluding hydrogens is 318 g/mol. The molecule has 1 aliphatic rings. The number of nitrogens with zero attached hydrogens (tertiary/aromatic N) is 4. The number of hydrogen-bond donors (Lipinski definition) is 1. The zero-order chi connectivity index (χ0) is 17.8. The minimum atomic E-state index is -0.285. The lowest BCUT2D eigenvalue weighted by atomic mass is 10.2. The van der Waals surface area contributed by atoms with Gasteiger partial charge in [0.2, 0.25) is 5.91 Å². The van der Waals surface area contributed by atoms with Gasteiger partial charge in [0.25, 0.3) is 5.91 Å². The highest BCUT2D eigenvalue weighted by atomic mass is 16.2. The van der Waals surface area contributed by atoms with Crippen molar-refractivity contribution in [3.8, 4) is 0 Å². The number of likely N-dealkylation sites (N-methyl/N-ethyl adjacent to an activating group) is 1. The number of aromatic nitrogens is 3. The summed E-state index contributed by atoms with van der Waals surface area (Å²) in [5.74, 6) is 1.18. The first-order valence-electron chi connectivity index (χ1n) is 8.25. The topological polar surface area (TPSA) is 80.1 Å². The van der Waals surface area contributed by atoms with E-state index in [-0.39, 0.29) is 17.5 Å². The largest absolute Gasteiger partial charge is 0.333 e. The van der Waals surface area contributed by atoms with Gasteiger partial charge in [0.05, 0.1) is 6.54 Å². The van der Waals surface area contributed by atoms with Gasteiger partial charge in [-0.1, -0.05) is 30.3 Å². The van der Waals surface area contributed by atoms with Crippen molar-refractivity contribution in [2.24, 2.45) is 0 Å². The van der Waals surface area contributed by atoms with Crippen LogP contribution in [-0.4, -0.2) is 38.5 Å². The predicted octanol–water partition coefficient (Wildman–Crippen LogP) is 1.36. The van der Waals surface area contributed by atoms with Crippen LogP contribution in [0.25, 0.3) is 6.08 Å². The van der Waals surface area contributed by atoms with Gasteiger partial charge in [-0.25, -0.2) is 0 Å². The molecule has 2 heterocycles. The van der Waals surface area contributed by atoms with E-state index in [9.17, 15) is 9.59 Å². The number of aryl methyl sites for hydroxylation is 1. The molecule has 130 valence electrons. The van der Waals surface area contributed by atoms with Crippen LogP contribution < -0.4 is 5.32 Å². The summed E-state index contributed by atoms with van der Waals surface area (Å²) in [5, 5.41) is 11.0. The average Bonchev–Trinajstić information content (AvgIpc) is 3.19. The SMILES string of the molecule is CC(=O)NC(=Cc1ccccc1)C(=O)N(C)Cc1nnc2n1CCC2. The second-order valence-corrected chi connectivity index (χ2v) is 6.10. The summed E-state index contributed by atoms with van der Waals surface area (Å²) >= 11 is 0. The van der Waals surface area contributed by atoms with Gasteiger partial charge in [-0.05, 0) is 18.1 Å². The Morgan fingerprint density at radius 1 is 1.28 bits per heavy atom. The Bertz CT molecular complexity index is 810. The molecule has 25 heavy (non-hydrogen) atoms. The van der Waals surface area contributed by atoms with E-state index in [4.69, 9.17) is 0 Å². The molecule has 0 aliphatic carbocycles. The molecule has 7 nitrogen and oxygen atoms in total. The maximum Gasteiger partial charge on any atom is 0.270 e. The third kappa shape index (κ3) is 3.93. The second-order valence-electron chi connectivity index (χ2n) is 6.10. The van der Waals surface area contributed by atoms with Gasteiger partial charge in [0.15, 0.2) is 5.82 Å². The van der Waals surface area contributed by atoms with Crippen molar-refractivity contribution in [3.05, 3.63) is 53.2 Å². The van der Waals surface area contributed by atoms with E-state index in [0.717, 1.165) is 36.6 Å². The van der Waals surface area contributed by atoms with Crippen LogP contribution in [0.2, 0.25) is 0 Å². The number of carbonyl (C=O) groups is 2. The van der Waals surface area contributed by atoms with E-state index in [0.29, 0.717) is 6.54 Å². The molecular formula is C18H21N5O2. The van der Waals surface area contributed by atoms with Crippen molar-refractivity contribution >= 4 is 17.9 Å². The van der Waals surface area contributed by atoms with E-state index in [1.165, 1.54) is 6.92 Å². The third-order valence-corrected chi connectivity index (χ3v) is 4.06. The normalized spacial score (nSPS) is 13.4. The molecule has 0 radical (unpaired) electrons. The molecule has 0 unspecified atom stereocenters. The molecule has 0 saturated carbocycles. The van der Waals surface area contributed by atoms with Crippen LogP contribution in [0.1, 0.15) is 30.6 Å². The molecule has 2 amide bonds. The van der Waals surface area contributed by atoms with Crippen LogP contribution in [0.3, 0.4) is 0 Å². The molecule has 0 saturated heterocycles. The zero-order valence-electron chi connectivity index (χ0n) is 14.4. The van der Waals surface area contributed by atoms with Crippen LogP contribution in [0.5, 0.6) is 0 Å². The first-order valence-corrected chi connectivity index (χ1v) is 8.25. The molecule has 2 aromatic rings. The molecule has 0 fully saturated rings. The Labute approximate surface area is 146 Å². The lowest BCUT2D eigenvalue weighted by Crippen LogP contribution is -2.35. The minimum absolute atomic E-state index is 0.238. The average molecular weight is 339 g/mol. The fraction of sp³-hybridized carbons (Fsp3) is 0.333. The van der Waals surface area contributed by atoms with E-state index in [2.05, 4.69) is 20.1 Å². The number of benzene rings is 1. The van der Waals surface area contributed by atoms with Crippen molar-refractivity contribution in [1.82, 2.24) is 25.0 Å². The van der Waals surface area contributed by atoms with Gasteiger partial charge in [-0.3, -0.25) is 9.59 Å². The maximum atomic E-state index is 12.8. The number of rotatable bonds is 5. The van der Waals surface area contributed by atoms with Crippen LogP contribution in [0.4, 0.5) is 0 Å². The van der Waals surface area contributed by atoms with Gasteiger partial charge in [0.1, 0.15) is 11.5 Å². The minimum Gasteiger partial charge on any atom is -0.333 e. The molecule has 0 bridgehead atoms. The van der Waals surface area contributed by atoms with Crippen LogP contribution in [-0.2, 0) is 29.1 Å². The Kier molecular flexibility index (Phi) is 4.92. The number of carbonyl (C=O) groups excluding carboxylic acids is 2. The monoisotopic (exact) mass is 339 g/mol. The Hall–Kier alpha value is -2.96. The number of hydrogen-bond acceptors (Lipinski definition) is 4. The van der Waals surface area contributed by atoms with E-state index < -0.39 is 0 Å². The summed E-state index contributed by atoms with van der Waals surface area (Å²) in [5.41, 5.74) is 1.08. The summed E-state index contributed by atoms with van der Waals surface area (Å²) in [6, 6.07) is 9.41. The van der Waals surface area contributed by atoms with Gasteiger partial charge < -0.3 is 14.8 Å². The predicted molar refractivity (Wildman–Crippen MR) is 93.1 cm³/mol. The smallest absolute Gasteiger partial charge is 0.270 e. The van der Waals surface area contributed by atoms with Gasteiger partial charge in [-0.15, -0.1) is 10.2 Å². The first kappa shape index (κ1) is 16.9. The number of nitrogens with one attached hydrogen (secondary N) is 1. The quantitative estimate of drug-likeness (QED) is 0.834. The summed E-state index contributed by atoms with van der Waals surface area (Å²) in [4.78, 5) is 25.8. The fourth-order valence-corrected chi connectivity index (χ4v) is 2.87. The molecule has 1 aromatic heterocycles. The maximum absolute atomic E-state index is 12.8. The first-order chi connectivity index (χ1) is 12.0. The van der Waals surface area contributed by atoms with Crippen LogP contribution in [0.15, 0.2) is 36.0 Å². The molecule has 7 heteroatoms. The summed E-state index contributed by atoms with van der Waals surface area (Å²) in [6.07, 6.45) is 3.66. The van der Waals surface area contributed by atoms with Gasteiger partial charge in [-0.2, -0.15) is 0 Å². The Morgan fingerprint density at radius 3 is 2.76 bits per heavy atom. The molecule has 1 N–H and O–H groups in total. The molecule has 1 aromatic carbocycles. The van der Waals surface area contributed by atoms with Crippen molar-refractivity contribution < 1.29 is 9.59 Å². The van der Waals surface area contributed by atoms with E-state index in [1.807, 2.05) is 30.3 Å². The highest BCUT2D eigenvalue weighted by molar-refractivity contribution is 6.00. The lowest BCUT2D eigenvalue weighted by Gasteiger charge is -2.19. The zero-order valence-corrected chi connectivity index (χ0v) is 14.4. The second kappa shape index (κ2) is 7.29. The summed E-state index contributed by atoms with van der Waals surface area (Å²) in [7, 11) is 1.69. The van der Waals surface area contributed by atoms with E-state index >= 15 is 0 Å². The van der Waals surface area contributed by atoms with Gasteiger partial charge in [0, 0.05) is 26.9 Å². The number of amides is 2. The number of fused-ring (bicyclic) bond motifs is 1. The Balaban J connectivity index is 1.79. The highest BCUT2D eigenvalue weighted by Crippen LogP contribution is 2.16. The highest BCUT2D eigenvalue weighted by Gasteiger charge is 2.22. The standard InChI is InChI=1S/C18H21N5O2/c1-13(24)19-15(11-14-7-4-3-5-8-14)18(25)22(2)12-17-21-20-16-9-6-10-23(16)17/h3-5,7-8,11H,6,9-10,12H2,1-2H3,(H,19,24). The summed E-state index contributed by atoms with van der Waals surface area (Å²) < 4.78 is 2.06. The molecule has 0 atom stereocenters.